The second-order valence-electron chi connectivity index (χ2n) is 5.75. The Morgan fingerprint density at radius 2 is 1.90 bits per heavy atom. The van der Waals surface area contributed by atoms with E-state index in [4.69, 9.17) is 0 Å². The minimum Gasteiger partial charge on any atom is -0.300 e. The molecule has 0 saturated heterocycles. The topological polar surface area (TPSA) is 39.1 Å². The van der Waals surface area contributed by atoms with Crippen LogP contribution in [0.4, 0.5) is 0 Å². The zero-order valence-corrected chi connectivity index (χ0v) is 13.9. The second kappa shape index (κ2) is 8.81. The van der Waals surface area contributed by atoms with Crippen molar-refractivity contribution >= 4 is 0 Å². The summed E-state index contributed by atoms with van der Waals surface area (Å²) in [5.41, 5.74) is 0.427. The molecule has 0 aromatic heterocycles. The fourth-order valence-corrected chi connectivity index (χ4v) is 2.62. The van der Waals surface area contributed by atoms with Crippen LogP contribution in [-0.2, 0) is 5.54 Å². The maximum absolute atomic E-state index is 9.86. The van der Waals surface area contributed by atoms with Crippen molar-refractivity contribution < 1.29 is 0 Å². The van der Waals surface area contributed by atoms with Crippen LogP contribution in [0.3, 0.4) is 0 Å². The molecule has 0 aliphatic carbocycles. The van der Waals surface area contributed by atoms with Crippen LogP contribution in [-0.4, -0.2) is 31.1 Å². The molecule has 0 fully saturated rings. The Kier molecular flexibility index (Phi) is 7.42. The molecule has 0 spiro atoms. The molecular weight excluding hydrogens is 258 g/mol. The molecule has 2 atom stereocenters. The van der Waals surface area contributed by atoms with E-state index in [1.807, 2.05) is 30.3 Å². The van der Waals surface area contributed by atoms with E-state index in [-0.39, 0.29) is 0 Å². The van der Waals surface area contributed by atoms with E-state index in [1.165, 1.54) is 6.42 Å². The van der Waals surface area contributed by atoms with Crippen LogP contribution in [0.1, 0.15) is 39.7 Å². The van der Waals surface area contributed by atoms with Crippen LogP contribution in [0.15, 0.2) is 30.3 Å². The Morgan fingerprint density at radius 3 is 2.38 bits per heavy atom. The highest BCUT2D eigenvalue weighted by molar-refractivity contribution is 5.32. The van der Waals surface area contributed by atoms with Crippen molar-refractivity contribution in [3.05, 3.63) is 35.9 Å². The SMILES string of the molecule is CCNC(C#N)(CN(CC)CC(C)CC)c1ccccc1. The molecule has 1 N–H and O–H groups in total. The third-order valence-corrected chi connectivity index (χ3v) is 4.11. The molecule has 3 heteroatoms. The van der Waals surface area contributed by atoms with Gasteiger partial charge in [-0.1, -0.05) is 64.4 Å². The lowest BCUT2D eigenvalue weighted by atomic mass is 9.90. The first kappa shape index (κ1) is 17.7. The quantitative estimate of drug-likeness (QED) is 0.757. The second-order valence-corrected chi connectivity index (χ2v) is 5.75. The number of rotatable bonds is 9. The summed E-state index contributed by atoms with van der Waals surface area (Å²) in [7, 11) is 0. The normalized spacial score (nSPS) is 15.4. The highest BCUT2D eigenvalue weighted by Gasteiger charge is 2.33. The molecule has 1 rings (SSSR count). The molecule has 0 radical (unpaired) electrons. The van der Waals surface area contributed by atoms with Crippen molar-refractivity contribution in [3.8, 4) is 6.07 Å². The van der Waals surface area contributed by atoms with Gasteiger partial charge in [-0.2, -0.15) is 5.26 Å². The van der Waals surface area contributed by atoms with Gasteiger partial charge < -0.3 is 4.90 Å². The molecule has 0 bridgehead atoms. The average Bonchev–Trinajstić information content (AvgIpc) is 2.54. The van der Waals surface area contributed by atoms with Gasteiger partial charge in [0.15, 0.2) is 0 Å². The van der Waals surface area contributed by atoms with Gasteiger partial charge in [-0.25, -0.2) is 0 Å². The molecule has 2 unspecified atom stereocenters. The van der Waals surface area contributed by atoms with E-state index < -0.39 is 5.54 Å². The minimum absolute atomic E-state index is 0.626. The lowest BCUT2D eigenvalue weighted by Gasteiger charge is -2.35. The van der Waals surface area contributed by atoms with E-state index in [0.717, 1.165) is 31.7 Å². The van der Waals surface area contributed by atoms with Crippen molar-refractivity contribution in [1.82, 2.24) is 10.2 Å². The summed E-state index contributed by atoms with van der Waals surface area (Å²) >= 11 is 0. The lowest BCUT2D eigenvalue weighted by molar-refractivity contribution is 0.195. The van der Waals surface area contributed by atoms with Gasteiger partial charge in [0.2, 0.25) is 0 Å². The molecule has 1 aromatic carbocycles. The fraction of sp³-hybridized carbons (Fsp3) is 0.611. The van der Waals surface area contributed by atoms with E-state index in [0.29, 0.717) is 5.92 Å². The van der Waals surface area contributed by atoms with Gasteiger partial charge in [-0.15, -0.1) is 0 Å². The molecule has 3 nitrogen and oxygen atoms in total. The molecule has 1 aromatic rings. The van der Waals surface area contributed by atoms with Gasteiger partial charge in [0.1, 0.15) is 5.54 Å². The van der Waals surface area contributed by atoms with Crippen LogP contribution >= 0.6 is 0 Å². The predicted octanol–water partition coefficient (Wildman–Crippen LogP) is 3.38. The number of hydrogen-bond donors (Lipinski definition) is 1. The largest absolute Gasteiger partial charge is 0.300 e. The van der Waals surface area contributed by atoms with Crippen molar-refractivity contribution in [2.24, 2.45) is 5.92 Å². The minimum atomic E-state index is -0.626. The van der Waals surface area contributed by atoms with Crippen LogP contribution in [0.5, 0.6) is 0 Å². The number of nitriles is 1. The van der Waals surface area contributed by atoms with Crippen molar-refractivity contribution in [1.29, 1.82) is 5.26 Å². The van der Waals surface area contributed by atoms with E-state index in [2.05, 4.69) is 44.0 Å². The number of nitrogens with one attached hydrogen (secondary N) is 1. The molecule has 0 heterocycles. The Morgan fingerprint density at radius 1 is 1.24 bits per heavy atom. The first-order valence-electron chi connectivity index (χ1n) is 8.06. The molecule has 0 amide bonds. The summed E-state index contributed by atoms with van der Waals surface area (Å²) in [5.74, 6) is 0.652. The Labute approximate surface area is 130 Å². The number of benzene rings is 1. The predicted molar refractivity (Wildman–Crippen MR) is 89.0 cm³/mol. The van der Waals surface area contributed by atoms with Crippen LogP contribution < -0.4 is 5.32 Å². The Bertz CT molecular complexity index is 438. The molecular formula is C18H29N3. The maximum atomic E-state index is 9.86. The van der Waals surface area contributed by atoms with Gasteiger partial charge in [0.25, 0.3) is 0 Å². The van der Waals surface area contributed by atoms with Gasteiger partial charge in [-0.05, 0) is 24.6 Å². The van der Waals surface area contributed by atoms with Crippen LogP contribution in [0, 0.1) is 17.2 Å². The van der Waals surface area contributed by atoms with Crippen molar-refractivity contribution in [2.75, 3.05) is 26.2 Å². The molecule has 0 saturated carbocycles. The first-order valence-corrected chi connectivity index (χ1v) is 8.06. The monoisotopic (exact) mass is 287 g/mol. The summed E-state index contributed by atoms with van der Waals surface area (Å²) in [6.45, 7) is 12.2. The number of hydrogen-bond acceptors (Lipinski definition) is 3. The van der Waals surface area contributed by atoms with Crippen molar-refractivity contribution in [3.63, 3.8) is 0 Å². The van der Waals surface area contributed by atoms with Crippen LogP contribution in [0.2, 0.25) is 0 Å². The Balaban J connectivity index is 3.00. The summed E-state index contributed by atoms with van der Waals surface area (Å²) in [6.07, 6.45) is 1.17. The van der Waals surface area contributed by atoms with Gasteiger partial charge in [-0.3, -0.25) is 5.32 Å². The highest BCUT2D eigenvalue weighted by atomic mass is 15.2. The first-order chi connectivity index (χ1) is 10.1. The van der Waals surface area contributed by atoms with E-state index >= 15 is 0 Å². The summed E-state index contributed by atoms with van der Waals surface area (Å²) in [5, 5.41) is 13.3. The van der Waals surface area contributed by atoms with E-state index in [1.54, 1.807) is 0 Å². The number of nitrogens with zero attached hydrogens (tertiary/aromatic N) is 2. The van der Waals surface area contributed by atoms with Gasteiger partial charge >= 0.3 is 0 Å². The summed E-state index contributed by atoms with van der Waals surface area (Å²) < 4.78 is 0. The molecule has 0 aliphatic heterocycles. The van der Waals surface area contributed by atoms with Crippen molar-refractivity contribution in [2.45, 2.75) is 39.7 Å². The maximum Gasteiger partial charge on any atom is 0.145 e. The van der Waals surface area contributed by atoms with E-state index in [9.17, 15) is 5.26 Å². The Hall–Kier alpha value is -1.37. The lowest BCUT2D eigenvalue weighted by Crippen LogP contribution is -2.50. The van der Waals surface area contributed by atoms with Gasteiger partial charge in [0, 0.05) is 13.1 Å². The third kappa shape index (κ3) is 4.84. The number of likely N-dealkylation sites (N-methyl/N-ethyl adjacent to an activating group) is 2. The average molecular weight is 287 g/mol. The zero-order chi connectivity index (χ0) is 15.7. The van der Waals surface area contributed by atoms with Gasteiger partial charge in [0.05, 0.1) is 6.07 Å². The molecule has 0 aliphatic rings. The third-order valence-electron chi connectivity index (χ3n) is 4.11. The zero-order valence-electron chi connectivity index (χ0n) is 13.9. The molecule has 21 heavy (non-hydrogen) atoms. The molecule has 116 valence electrons. The summed E-state index contributed by atoms with van der Waals surface area (Å²) in [4.78, 5) is 2.38. The van der Waals surface area contributed by atoms with Crippen LogP contribution in [0.25, 0.3) is 0 Å². The summed E-state index contributed by atoms with van der Waals surface area (Å²) in [6, 6.07) is 12.6. The highest BCUT2D eigenvalue weighted by Crippen LogP contribution is 2.22. The fourth-order valence-electron chi connectivity index (χ4n) is 2.62. The smallest absolute Gasteiger partial charge is 0.145 e. The standard InChI is InChI=1S/C18H29N3/c1-5-16(4)13-21(7-3)15-18(14-19,20-6-2)17-11-9-8-10-12-17/h8-12,16,20H,5-7,13,15H2,1-4H3.